The van der Waals surface area contributed by atoms with Gasteiger partial charge in [-0.25, -0.2) is 4.39 Å². The molecule has 20 heavy (non-hydrogen) atoms. The third-order valence-electron chi connectivity index (χ3n) is 3.86. The first-order chi connectivity index (χ1) is 9.39. The number of hydrogen-bond donors (Lipinski definition) is 0. The van der Waals surface area contributed by atoms with E-state index in [1.54, 1.807) is 20.1 Å². The third-order valence-corrected chi connectivity index (χ3v) is 3.86. The van der Waals surface area contributed by atoms with Crippen LogP contribution in [0.1, 0.15) is 50.3 Å². The maximum absolute atomic E-state index is 14.3. The summed E-state index contributed by atoms with van der Waals surface area (Å²) in [5.41, 5.74) is 0.990. The summed E-state index contributed by atoms with van der Waals surface area (Å²) in [5.74, 6) is 0.531. The molecule has 1 saturated heterocycles. The number of rotatable bonds is 3. The molecular formula is C16H23FO3. The fourth-order valence-electron chi connectivity index (χ4n) is 2.84. The van der Waals surface area contributed by atoms with Gasteiger partial charge in [0.2, 0.25) is 0 Å². The molecule has 1 atom stereocenters. The van der Waals surface area contributed by atoms with E-state index in [9.17, 15) is 4.39 Å². The zero-order chi connectivity index (χ0) is 14.9. The summed E-state index contributed by atoms with van der Waals surface area (Å²) in [4.78, 5) is 0. The number of benzene rings is 1. The molecule has 0 bridgehead atoms. The van der Waals surface area contributed by atoms with Crippen molar-refractivity contribution in [1.82, 2.24) is 0 Å². The monoisotopic (exact) mass is 282 g/mol. The lowest BCUT2D eigenvalue weighted by Crippen LogP contribution is -2.31. The van der Waals surface area contributed by atoms with Crippen LogP contribution in [0.5, 0.6) is 11.5 Å². The maximum Gasteiger partial charge on any atom is 0.168 e. The van der Waals surface area contributed by atoms with Crippen molar-refractivity contribution in [2.24, 2.45) is 0 Å². The summed E-state index contributed by atoms with van der Waals surface area (Å²) in [6, 6.07) is 1.71. The molecule has 1 heterocycles. The molecule has 0 spiro atoms. The second-order valence-corrected chi connectivity index (χ2v) is 5.92. The summed E-state index contributed by atoms with van der Waals surface area (Å²) in [7, 11) is 3.07. The van der Waals surface area contributed by atoms with Crippen LogP contribution in [0.25, 0.3) is 0 Å². The van der Waals surface area contributed by atoms with Crippen LogP contribution in [0.2, 0.25) is 0 Å². The molecule has 0 radical (unpaired) electrons. The molecule has 0 saturated carbocycles. The van der Waals surface area contributed by atoms with E-state index < -0.39 is 0 Å². The molecule has 2 rings (SSSR count). The van der Waals surface area contributed by atoms with Crippen LogP contribution in [0.4, 0.5) is 4.39 Å². The van der Waals surface area contributed by atoms with Crippen LogP contribution in [0, 0.1) is 12.7 Å². The zero-order valence-electron chi connectivity index (χ0n) is 12.9. The lowest BCUT2D eigenvalue weighted by atomic mass is 9.91. The van der Waals surface area contributed by atoms with Crippen molar-refractivity contribution in [2.75, 3.05) is 14.2 Å². The zero-order valence-corrected chi connectivity index (χ0v) is 12.9. The quantitative estimate of drug-likeness (QED) is 0.832. The standard InChI is InChI=1S/C16H23FO3/c1-10-9-12(18-4)13(15(19-5)14(10)17)11-7-6-8-16(2,3)20-11/h9,11H,6-8H2,1-5H3. The van der Waals surface area contributed by atoms with Gasteiger partial charge in [0.1, 0.15) is 5.75 Å². The van der Waals surface area contributed by atoms with Gasteiger partial charge in [0.15, 0.2) is 11.6 Å². The van der Waals surface area contributed by atoms with Gasteiger partial charge in [0.25, 0.3) is 0 Å². The SMILES string of the molecule is COc1cc(C)c(F)c(OC)c1C1CCCC(C)(C)O1. The molecule has 0 amide bonds. The first-order valence-corrected chi connectivity index (χ1v) is 6.98. The molecule has 1 aliphatic rings. The minimum absolute atomic E-state index is 0.196. The highest BCUT2D eigenvalue weighted by Crippen LogP contribution is 2.45. The minimum atomic E-state index is -0.338. The number of ether oxygens (including phenoxy) is 3. The fourth-order valence-corrected chi connectivity index (χ4v) is 2.84. The number of halogens is 1. The Morgan fingerprint density at radius 2 is 2.00 bits per heavy atom. The lowest BCUT2D eigenvalue weighted by Gasteiger charge is -2.37. The second kappa shape index (κ2) is 5.60. The Morgan fingerprint density at radius 1 is 1.30 bits per heavy atom. The van der Waals surface area contributed by atoms with E-state index in [0.29, 0.717) is 16.9 Å². The van der Waals surface area contributed by atoms with Gasteiger partial charge in [0, 0.05) is 0 Å². The summed E-state index contributed by atoms with van der Waals surface area (Å²) >= 11 is 0. The Labute approximate surface area is 120 Å². The van der Waals surface area contributed by atoms with Gasteiger partial charge in [-0.05, 0) is 51.7 Å². The fraction of sp³-hybridized carbons (Fsp3) is 0.625. The van der Waals surface area contributed by atoms with Gasteiger partial charge < -0.3 is 14.2 Å². The molecule has 1 fully saturated rings. The van der Waals surface area contributed by atoms with Gasteiger partial charge in [-0.15, -0.1) is 0 Å². The van der Waals surface area contributed by atoms with E-state index >= 15 is 0 Å². The Hall–Kier alpha value is -1.29. The molecule has 1 aromatic rings. The molecule has 0 aliphatic carbocycles. The van der Waals surface area contributed by atoms with Crippen LogP contribution >= 0.6 is 0 Å². The first-order valence-electron chi connectivity index (χ1n) is 6.98. The van der Waals surface area contributed by atoms with Crippen molar-refractivity contribution < 1.29 is 18.6 Å². The van der Waals surface area contributed by atoms with Crippen LogP contribution < -0.4 is 9.47 Å². The van der Waals surface area contributed by atoms with Crippen LogP contribution in [0.3, 0.4) is 0 Å². The van der Waals surface area contributed by atoms with Gasteiger partial charge in [0.05, 0.1) is 31.5 Å². The lowest BCUT2D eigenvalue weighted by molar-refractivity contribution is -0.110. The summed E-state index contributed by atoms with van der Waals surface area (Å²) in [5, 5.41) is 0. The molecule has 1 aromatic carbocycles. The topological polar surface area (TPSA) is 27.7 Å². The molecular weight excluding hydrogens is 259 g/mol. The molecule has 3 nitrogen and oxygen atoms in total. The average Bonchev–Trinajstić information content (AvgIpc) is 2.39. The maximum atomic E-state index is 14.3. The number of aryl methyl sites for hydroxylation is 1. The molecule has 1 unspecified atom stereocenters. The Bertz CT molecular complexity index is 497. The van der Waals surface area contributed by atoms with Crippen LogP contribution in [0.15, 0.2) is 6.07 Å². The van der Waals surface area contributed by atoms with Crippen LogP contribution in [-0.2, 0) is 4.74 Å². The van der Waals surface area contributed by atoms with Crippen molar-refractivity contribution in [3.63, 3.8) is 0 Å². The van der Waals surface area contributed by atoms with Gasteiger partial charge in [-0.3, -0.25) is 0 Å². The van der Waals surface area contributed by atoms with Gasteiger partial charge in [-0.1, -0.05) is 0 Å². The summed E-state index contributed by atoms with van der Waals surface area (Å²) in [6.07, 6.45) is 2.69. The van der Waals surface area contributed by atoms with Gasteiger partial charge in [-0.2, -0.15) is 0 Å². The van der Waals surface area contributed by atoms with Crippen molar-refractivity contribution in [3.8, 4) is 11.5 Å². The van der Waals surface area contributed by atoms with E-state index in [2.05, 4.69) is 13.8 Å². The number of hydrogen-bond acceptors (Lipinski definition) is 3. The van der Waals surface area contributed by atoms with Crippen molar-refractivity contribution in [2.45, 2.75) is 51.7 Å². The average molecular weight is 282 g/mol. The predicted octanol–water partition coefficient (Wildman–Crippen LogP) is 4.17. The van der Waals surface area contributed by atoms with Crippen LogP contribution in [-0.4, -0.2) is 19.8 Å². The molecule has 0 N–H and O–H groups in total. The number of methoxy groups -OCH3 is 2. The van der Waals surface area contributed by atoms with Crippen molar-refractivity contribution in [1.29, 1.82) is 0 Å². The van der Waals surface area contributed by atoms with Crippen molar-refractivity contribution >= 4 is 0 Å². The minimum Gasteiger partial charge on any atom is -0.496 e. The van der Waals surface area contributed by atoms with E-state index in [1.807, 2.05) is 0 Å². The van der Waals surface area contributed by atoms with E-state index in [-0.39, 0.29) is 23.3 Å². The second-order valence-electron chi connectivity index (χ2n) is 5.92. The first kappa shape index (κ1) is 15.1. The van der Waals surface area contributed by atoms with E-state index in [4.69, 9.17) is 14.2 Å². The van der Waals surface area contributed by atoms with E-state index in [0.717, 1.165) is 19.3 Å². The smallest absolute Gasteiger partial charge is 0.168 e. The van der Waals surface area contributed by atoms with Crippen molar-refractivity contribution in [3.05, 3.63) is 23.0 Å². The summed E-state index contributed by atoms with van der Waals surface area (Å²) < 4.78 is 31.1. The Kier molecular flexibility index (Phi) is 4.23. The molecule has 112 valence electrons. The largest absolute Gasteiger partial charge is 0.496 e. The normalized spacial score (nSPS) is 21.6. The van der Waals surface area contributed by atoms with Gasteiger partial charge >= 0.3 is 0 Å². The molecule has 4 heteroatoms. The predicted molar refractivity (Wildman–Crippen MR) is 76.0 cm³/mol. The third kappa shape index (κ3) is 2.75. The highest BCUT2D eigenvalue weighted by atomic mass is 19.1. The van der Waals surface area contributed by atoms with E-state index in [1.165, 1.54) is 7.11 Å². The highest BCUT2D eigenvalue weighted by Gasteiger charge is 2.34. The Morgan fingerprint density at radius 3 is 2.55 bits per heavy atom. The summed E-state index contributed by atoms with van der Waals surface area (Å²) in [6.45, 7) is 5.82. The molecule has 1 aliphatic heterocycles. The highest BCUT2D eigenvalue weighted by molar-refractivity contribution is 5.50. The Balaban J connectivity index is 2.51. The molecule has 0 aromatic heterocycles.